The van der Waals surface area contributed by atoms with E-state index < -0.39 is 5.91 Å². The molecule has 1 aliphatic heterocycles. The molecule has 0 spiro atoms. The molecule has 0 bridgehead atoms. The second kappa shape index (κ2) is 9.80. The zero-order valence-corrected chi connectivity index (χ0v) is 17.5. The Morgan fingerprint density at radius 1 is 1.24 bits per heavy atom. The van der Waals surface area contributed by atoms with E-state index in [9.17, 15) is 4.79 Å². The van der Waals surface area contributed by atoms with Gasteiger partial charge < -0.3 is 10.2 Å². The summed E-state index contributed by atoms with van der Waals surface area (Å²) in [6.45, 7) is 4.58. The number of hydrogen-bond acceptors (Lipinski definition) is 6. The van der Waals surface area contributed by atoms with E-state index >= 15 is 0 Å². The zero-order valence-electron chi connectivity index (χ0n) is 16.7. The zero-order chi connectivity index (χ0) is 20.1. The van der Waals surface area contributed by atoms with Crippen LogP contribution in [0.1, 0.15) is 52.7 Å². The van der Waals surface area contributed by atoms with E-state index in [-0.39, 0.29) is 0 Å². The fourth-order valence-electron chi connectivity index (χ4n) is 4.26. The van der Waals surface area contributed by atoms with E-state index in [0.29, 0.717) is 17.7 Å². The average molecular weight is 415 g/mol. The molecule has 2 atom stereocenters. The van der Waals surface area contributed by atoms with E-state index in [1.165, 1.54) is 49.3 Å². The monoisotopic (exact) mass is 414 g/mol. The summed E-state index contributed by atoms with van der Waals surface area (Å²) in [4.78, 5) is 18.2. The third kappa shape index (κ3) is 5.63. The average Bonchev–Trinajstić information content (AvgIpc) is 3.40. The lowest BCUT2D eigenvalue weighted by molar-refractivity contribution is 0.0701. The number of carbonyl (C=O) groups is 1. The van der Waals surface area contributed by atoms with Gasteiger partial charge in [0.2, 0.25) is 0 Å². The highest BCUT2D eigenvalue weighted by molar-refractivity contribution is 7.09. The van der Waals surface area contributed by atoms with Gasteiger partial charge in [0.15, 0.2) is 0 Å². The number of hydroxylamine groups is 1. The lowest BCUT2D eigenvalue weighted by Gasteiger charge is -2.32. The number of amides is 1. The molecule has 7 heteroatoms. The summed E-state index contributed by atoms with van der Waals surface area (Å²) in [5.74, 6) is 0.970. The van der Waals surface area contributed by atoms with Crippen molar-refractivity contribution in [3.63, 3.8) is 0 Å². The highest BCUT2D eigenvalue weighted by Crippen LogP contribution is 2.40. The first-order chi connectivity index (χ1) is 14.2. The molecular weight excluding hydrogens is 384 g/mol. The van der Waals surface area contributed by atoms with Crippen LogP contribution in [-0.2, 0) is 6.42 Å². The minimum Gasteiger partial charge on any atom is -0.313 e. The van der Waals surface area contributed by atoms with Crippen LogP contribution in [0.5, 0.6) is 0 Å². The number of nitrogens with one attached hydrogen (secondary N) is 2. The molecule has 4 rings (SSSR count). The number of rotatable bonds is 9. The summed E-state index contributed by atoms with van der Waals surface area (Å²) < 4.78 is 0. The number of likely N-dealkylation sites (tertiary alicyclic amines) is 1. The molecule has 2 heterocycles. The fourth-order valence-corrected chi connectivity index (χ4v) is 5.08. The number of aromatic nitrogens is 1. The van der Waals surface area contributed by atoms with Gasteiger partial charge in [-0.15, -0.1) is 11.3 Å². The summed E-state index contributed by atoms with van der Waals surface area (Å²) in [6.07, 6.45) is 5.76. The van der Waals surface area contributed by atoms with Crippen molar-refractivity contribution in [2.24, 2.45) is 5.92 Å². The second-order valence-corrected chi connectivity index (χ2v) is 9.17. The summed E-state index contributed by atoms with van der Waals surface area (Å²) in [6, 6.07) is 11.5. The Balaban J connectivity index is 1.09. The van der Waals surface area contributed by atoms with Crippen molar-refractivity contribution in [2.45, 2.75) is 44.1 Å². The van der Waals surface area contributed by atoms with Gasteiger partial charge in [-0.2, -0.15) is 0 Å². The first-order valence-electron chi connectivity index (χ1n) is 10.6. The highest BCUT2D eigenvalue weighted by atomic mass is 32.1. The molecule has 2 unspecified atom stereocenters. The summed E-state index contributed by atoms with van der Waals surface area (Å²) >= 11 is 1.48. The van der Waals surface area contributed by atoms with Gasteiger partial charge in [-0.3, -0.25) is 10.0 Å². The maximum absolute atomic E-state index is 11.3. The molecule has 1 amide bonds. The standard InChI is InChI=1S/C22H30N4O2S/c27-22(25-28)20-15-29-21(24-20)7-4-10-26-11-8-16(9-12-26)14-23-19-13-18(19)17-5-2-1-3-6-17/h1-3,5-6,15-16,18-19,23,28H,4,7-14H2,(H,25,27). The van der Waals surface area contributed by atoms with Crippen molar-refractivity contribution in [3.05, 3.63) is 52.0 Å². The number of aryl methyl sites for hydroxylation is 1. The van der Waals surface area contributed by atoms with Crippen LogP contribution in [0.4, 0.5) is 0 Å². The van der Waals surface area contributed by atoms with E-state index in [4.69, 9.17) is 5.21 Å². The van der Waals surface area contributed by atoms with Crippen molar-refractivity contribution in [1.29, 1.82) is 0 Å². The van der Waals surface area contributed by atoms with Crippen LogP contribution in [0.2, 0.25) is 0 Å². The van der Waals surface area contributed by atoms with Crippen LogP contribution in [0.3, 0.4) is 0 Å². The van der Waals surface area contributed by atoms with Crippen molar-refractivity contribution in [2.75, 3.05) is 26.2 Å². The molecule has 1 aromatic carbocycles. The minimum atomic E-state index is -0.538. The van der Waals surface area contributed by atoms with Crippen molar-refractivity contribution in [3.8, 4) is 0 Å². The van der Waals surface area contributed by atoms with Crippen LogP contribution in [0, 0.1) is 5.92 Å². The highest BCUT2D eigenvalue weighted by Gasteiger charge is 2.38. The first kappa shape index (κ1) is 20.5. The third-order valence-electron chi connectivity index (χ3n) is 6.14. The molecule has 2 aliphatic rings. The van der Waals surface area contributed by atoms with Crippen LogP contribution in [-0.4, -0.2) is 53.2 Å². The lowest BCUT2D eigenvalue weighted by Crippen LogP contribution is -2.38. The molecule has 6 nitrogen and oxygen atoms in total. The third-order valence-corrected chi connectivity index (χ3v) is 7.05. The van der Waals surface area contributed by atoms with Crippen molar-refractivity contribution >= 4 is 17.2 Å². The topological polar surface area (TPSA) is 77.5 Å². The van der Waals surface area contributed by atoms with Gasteiger partial charge in [-0.1, -0.05) is 30.3 Å². The van der Waals surface area contributed by atoms with Crippen LogP contribution in [0.25, 0.3) is 0 Å². The Morgan fingerprint density at radius 3 is 2.79 bits per heavy atom. The Bertz CT molecular complexity index is 789. The smallest absolute Gasteiger partial charge is 0.294 e. The molecule has 156 valence electrons. The summed E-state index contributed by atoms with van der Waals surface area (Å²) in [7, 11) is 0. The number of thiazole rings is 1. The fraction of sp³-hybridized carbons (Fsp3) is 0.545. The number of carbonyl (C=O) groups excluding carboxylic acids is 1. The van der Waals surface area contributed by atoms with Crippen molar-refractivity contribution in [1.82, 2.24) is 20.7 Å². The predicted octanol–water partition coefficient (Wildman–Crippen LogP) is 3.05. The molecule has 0 radical (unpaired) electrons. The van der Waals surface area contributed by atoms with Gasteiger partial charge in [-0.25, -0.2) is 10.5 Å². The van der Waals surface area contributed by atoms with Gasteiger partial charge in [0.1, 0.15) is 5.69 Å². The van der Waals surface area contributed by atoms with Gasteiger partial charge in [0.25, 0.3) is 5.91 Å². The van der Waals surface area contributed by atoms with Gasteiger partial charge in [0.05, 0.1) is 5.01 Å². The van der Waals surface area contributed by atoms with E-state index in [1.807, 2.05) is 0 Å². The molecule has 29 heavy (non-hydrogen) atoms. The number of hydrogen-bond donors (Lipinski definition) is 3. The largest absolute Gasteiger partial charge is 0.313 e. The van der Waals surface area contributed by atoms with E-state index in [2.05, 4.69) is 45.5 Å². The van der Waals surface area contributed by atoms with Crippen LogP contribution < -0.4 is 10.8 Å². The quantitative estimate of drug-likeness (QED) is 0.434. The molecule has 1 aliphatic carbocycles. The van der Waals surface area contributed by atoms with Gasteiger partial charge in [0, 0.05) is 23.8 Å². The molecular formula is C22H30N4O2S. The van der Waals surface area contributed by atoms with Gasteiger partial charge >= 0.3 is 0 Å². The Kier molecular flexibility index (Phi) is 6.92. The predicted molar refractivity (Wildman–Crippen MR) is 114 cm³/mol. The molecule has 1 aromatic heterocycles. The Hall–Kier alpha value is -1.80. The molecule has 1 saturated carbocycles. The summed E-state index contributed by atoms with van der Waals surface area (Å²) in [5.41, 5.74) is 3.40. The number of piperidine rings is 1. The minimum absolute atomic E-state index is 0.297. The Labute approximate surface area is 176 Å². The molecule has 3 N–H and O–H groups in total. The Morgan fingerprint density at radius 2 is 2.03 bits per heavy atom. The molecule has 2 aromatic rings. The van der Waals surface area contributed by atoms with Gasteiger partial charge in [-0.05, 0) is 63.3 Å². The maximum atomic E-state index is 11.3. The normalized spacial score (nSPS) is 22.5. The van der Waals surface area contributed by atoms with E-state index in [1.54, 1.807) is 10.9 Å². The first-order valence-corrected chi connectivity index (χ1v) is 11.5. The van der Waals surface area contributed by atoms with Crippen LogP contribution >= 0.6 is 11.3 Å². The van der Waals surface area contributed by atoms with Crippen molar-refractivity contribution < 1.29 is 10.0 Å². The number of benzene rings is 1. The van der Waals surface area contributed by atoms with Crippen LogP contribution in [0.15, 0.2) is 35.7 Å². The SMILES string of the molecule is O=C(NO)c1csc(CCCN2CCC(CNC3CC3c3ccccc3)CC2)n1. The lowest BCUT2D eigenvalue weighted by atomic mass is 9.96. The van der Waals surface area contributed by atoms with E-state index in [0.717, 1.165) is 36.9 Å². The molecule has 2 fully saturated rings. The second-order valence-electron chi connectivity index (χ2n) is 8.22. The molecule has 1 saturated heterocycles. The maximum Gasteiger partial charge on any atom is 0.294 e. The summed E-state index contributed by atoms with van der Waals surface area (Å²) in [5, 5.41) is 15.1. The number of nitrogens with zero attached hydrogens (tertiary/aromatic N) is 2.